The minimum Gasteiger partial charge on any atom is -0.375 e. The molecule has 3 aromatic heterocycles. The van der Waals surface area contributed by atoms with E-state index in [9.17, 15) is 9.59 Å². The van der Waals surface area contributed by atoms with Crippen molar-refractivity contribution in [1.82, 2.24) is 19.4 Å². The number of carbonyl (C=O) groups is 1. The third-order valence-corrected chi connectivity index (χ3v) is 5.96. The number of pyridine rings is 3. The highest BCUT2D eigenvalue weighted by atomic mass is 16.2. The Morgan fingerprint density at radius 2 is 1.83 bits per heavy atom. The Hall–Kier alpha value is -3.48. The van der Waals surface area contributed by atoms with E-state index in [4.69, 9.17) is 0 Å². The van der Waals surface area contributed by atoms with Crippen molar-refractivity contribution in [1.29, 1.82) is 0 Å². The zero-order chi connectivity index (χ0) is 20.5. The lowest BCUT2D eigenvalue weighted by Crippen LogP contribution is -2.49. The van der Waals surface area contributed by atoms with Crippen LogP contribution in [0.5, 0.6) is 0 Å². The first-order chi connectivity index (χ1) is 14.7. The van der Waals surface area contributed by atoms with Gasteiger partial charge in [0.2, 0.25) is 0 Å². The van der Waals surface area contributed by atoms with E-state index in [1.807, 2.05) is 51.9 Å². The molecule has 0 aromatic carbocycles. The molecule has 0 saturated carbocycles. The largest absolute Gasteiger partial charge is 0.375 e. The zero-order valence-corrected chi connectivity index (χ0v) is 16.6. The van der Waals surface area contributed by atoms with Gasteiger partial charge in [0.1, 0.15) is 11.4 Å². The first-order valence-corrected chi connectivity index (χ1v) is 10.3. The lowest BCUT2D eigenvalue weighted by Gasteiger charge is -2.42. The second-order valence-corrected chi connectivity index (χ2v) is 7.99. The van der Waals surface area contributed by atoms with E-state index >= 15 is 0 Å². The Morgan fingerprint density at radius 3 is 2.60 bits per heavy atom. The highest BCUT2D eigenvalue weighted by Gasteiger charge is 2.37. The molecule has 30 heavy (non-hydrogen) atoms. The molecular formula is C23H23N5O2. The van der Waals surface area contributed by atoms with Gasteiger partial charge in [0.15, 0.2) is 0 Å². The smallest absolute Gasteiger partial charge is 0.274 e. The number of nitrogens with one attached hydrogen (secondary N) is 1. The molecule has 1 N–H and O–H groups in total. The first kappa shape index (κ1) is 18.5. The third kappa shape index (κ3) is 3.47. The first-order valence-electron chi connectivity index (χ1n) is 10.3. The minimum absolute atomic E-state index is 0.00244. The molecule has 7 nitrogen and oxygen atoms in total. The molecule has 152 valence electrons. The van der Waals surface area contributed by atoms with Crippen LogP contribution < -0.4 is 10.9 Å². The molecule has 5 heterocycles. The van der Waals surface area contributed by atoms with Crippen LogP contribution in [0.3, 0.4) is 0 Å². The minimum atomic E-state index is -0.0326. The number of nitrogens with zero attached hydrogens (tertiary/aromatic N) is 4. The number of anilines is 1. The third-order valence-electron chi connectivity index (χ3n) is 5.96. The fourth-order valence-corrected chi connectivity index (χ4v) is 4.59. The lowest BCUT2D eigenvalue weighted by atomic mass is 9.83. The Labute approximate surface area is 174 Å². The number of aromatic nitrogens is 3. The second kappa shape index (κ2) is 7.74. The monoisotopic (exact) mass is 401 g/mol. The summed E-state index contributed by atoms with van der Waals surface area (Å²) in [5, 5.41) is 3.22. The van der Waals surface area contributed by atoms with Crippen LogP contribution in [0.4, 0.5) is 5.69 Å². The van der Waals surface area contributed by atoms with Crippen molar-refractivity contribution in [3.8, 4) is 0 Å². The molecule has 2 aliphatic heterocycles. The van der Waals surface area contributed by atoms with E-state index in [0.717, 1.165) is 17.8 Å². The van der Waals surface area contributed by atoms with Gasteiger partial charge in [0, 0.05) is 43.6 Å². The Morgan fingerprint density at radius 1 is 1.00 bits per heavy atom. The normalized spacial score (nSPS) is 19.8. The Balaban J connectivity index is 1.36. The number of fused-ring (bicyclic) bond motifs is 4. The number of amides is 1. The maximum Gasteiger partial charge on any atom is 0.274 e. The molecule has 1 amide bonds. The molecule has 0 radical (unpaired) electrons. The fraction of sp³-hybridized carbons (Fsp3) is 0.304. The van der Waals surface area contributed by atoms with Gasteiger partial charge in [0.05, 0.1) is 12.2 Å². The SMILES string of the molecule is O=C(c1ccccn1)N1C[C@@H]2C[C@H](C1)c1ccc(NCc3ccccn3)c(=O)n1C2. The number of piperidine rings is 1. The van der Waals surface area contributed by atoms with Gasteiger partial charge in [0.25, 0.3) is 11.5 Å². The summed E-state index contributed by atoms with van der Waals surface area (Å²) in [5.74, 6) is 0.407. The van der Waals surface area contributed by atoms with Gasteiger partial charge in [-0.1, -0.05) is 12.1 Å². The van der Waals surface area contributed by atoms with Crippen molar-refractivity contribution in [3.05, 3.63) is 88.4 Å². The molecule has 3 aromatic rings. The average molecular weight is 401 g/mol. The zero-order valence-electron chi connectivity index (χ0n) is 16.6. The van der Waals surface area contributed by atoms with E-state index in [1.54, 1.807) is 18.5 Å². The highest BCUT2D eigenvalue weighted by molar-refractivity contribution is 5.92. The standard InChI is InChI=1S/C23H23N5O2/c29-22(19-6-2-4-10-25-19)27-13-16-11-17(15-27)21-8-7-20(23(30)28(21)14-16)26-12-18-5-1-3-9-24-18/h1-10,16-17,26H,11-15H2/t16-,17+/m0/s1. The predicted octanol–water partition coefficient (Wildman–Crippen LogP) is 2.51. The number of likely N-dealkylation sites (tertiary alicyclic amines) is 1. The van der Waals surface area contributed by atoms with Crippen LogP contribution in [0, 0.1) is 5.92 Å². The van der Waals surface area contributed by atoms with Gasteiger partial charge in [-0.3, -0.25) is 19.6 Å². The Kier molecular flexibility index (Phi) is 4.78. The average Bonchev–Trinajstić information content (AvgIpc) is 2.80. The maximum absolute atomic E-state index is 13.1. The highest BCUT2D eigenvalue weighted by Crippen LogP contribution is 2.35. The maximum atomic E-state index is 13.1. The lowest BCUT2D eigenvalue weighted by molar-refractivity contribution is 0.0589. The molecule has 5 rings (SSSR count). The van der Waals surface area contributed by atoms with Crippen molar-refractivity contribution in [3.63, 3.8) is 0 Å². The van der Waals surface area contributed by atoms with E-state index in [1.165, 1.54) is 0 Å². The van der Waals surface area contributed by atoms with Gasteiger partial charge in [-0.05, 0) is 48.7 Å². The van der Waals surface area contributed by atoms with Gasteiger partial charge in [-0.25, -0.2) is 0 Å². The number of rotatable bonds is 4. The van der Waals surface area contributed by atoms with Crippen LogP contribution in [0.1, 0.15) is 34.2 Å². The molecule has 1 saturated heterocycles. The van der Waals surface area contributed by atoms with Crippen LogP contribution in [0.15, 0.2) is 65.7 Å². The van der Waals surface area contributed by atoms with Crippen molar-refractivity contribution >= 4 is 11.6 Å². The molecule has 2 atom stereocenters. The molecule has 0 spiro atoms. The molecule has 1 fully saturated rings. The number of hydrogen-bond donors (Lipinski definition) is 1. The summed E-state index contributed by atoms with van der Waals surface area (Å²) in [4.78, 5) is 36.3. The van der Waals surface area contributed by atoms with Crippen LogP contribution in [-0.4, -0.2) is 38.4 Å². The van der Waals surface area contributed by atoms with Crippen LogP contribution in [0.2, 0.25) is 0 Å². The van der Waals surface area contributed by atoms with Crippen molar-refractivity contribution in [2.24, 2.45) is 5.92 Å². The molecule has 7 heteroatoms. The predicted molar refractivity (Wildman–Crippen MR) is 113 cm³/mol. The number of hydrogen-bond acceptors (Lipinski definition) is 5. The van der Waals surface area contributed by atoms with E-state index in [0.29, 0.717) is 37.6 Å². The summed E-state index contributed by atoms with van der Waals surface area (Å²) < 4.78 is 1.89. The van der Waals surface area contributed by atoms with Crippen molar-refractivity contribution in [2.45, 2.75) is 25.4 Å². The van der Waals surface area contributed by atoms with Crippen molar-refractivity contribution < 1.29 is 4.79 Å². The van der Waals surface area contributed by atoms with Gasteiger partial charge < -0.3 is 14.8 Å². The van der Waals surface area contributed by atoms with Gasteiger partial charge in [-0.2, -0.15) is 0 Å². The molecule has 2 bridgehead atoms. The quantitative estimate of drug-likeness (QED) is 0.727. The summed E-state index contributed by atoms with van der Waals surface area (Å²) in [7, 11) is 0. The van der Waals surface area contributed by atoms with E-state index < -0.39 is 0 Å². The molecule has 2 aliphatic rings. The van der Waals surface area contributed by atoms with Crippen LogP contribution >= 0.6 is 0 Å². The summed E-state index contributed by atoms with van der Waals surface area (Å²) in [6.45, 7) is 2.42. The summed E-state index contributed by atoms with van der Waals surface area (Å²) in [6.07, 6.45) is 4.40. The van der Waals surface area contributed by atoms with Crippen LogP contribution in [-0.2, 0) is 13.1 Å². The van der Waals surface area contributed by atoms with Gasteiger partial charge >= 0.3 is 0 Å². The molecule has 0 unspecified atom stereocenters. The van der Waals surface area contributed by atoms with Crippen LogP contribution in [0.25, 0.3) is 0 Å². The molecular weight excluding hydrogens is 378 g/mol. The topological polar surface area (TPSA) is 80.1 Å². The summed E-state index contributed by atoms with van der Waals surface area (Å²) in [6, 6.07) is 15.0. The second-order valence-electron chi connectivity index (χ2n) is 7.99. The molecule has 0 aliphatic carbocycles. The summed E-state index contributed by atoms with van der Waals surface area (Å²) in [5.41, 5.74) is 2.97. The van der Waals surface area contributed by atoms with Crippen molar-refractivity contribution in [2.75, 3.05) is 18.4 Å². The summed E-state index contributed by atoms with van der Waals surface area (Å²) >= 11 is 0. The number of carbonyl (C=O) groups excluding carboxylic acids is 1. The Bertz CT molecular complexity index is 1110. The van der Waals surface area contributed by atoms with E-state index in [-0.39, 0.29) is 23.3 Å². The van der Waals surface area contributed by atoms with Gasteiger partial charge in [-0.15, -0.1) is 0 Å². The fourth-order valence-electron chi connectivity index (χ4n) is 4.59. The van der Waals surface area contributed by atoms with E-state index in [2.05, 4.69) is 15.3 Å².